The van der Waals surface area contributed by atoms with Crippen molar-refractivity contribution < 1.29 is 42.9 Å². The fourth-order valence-corrected chi connectivity index (χ4v) is 2.65. The highest BCUT2D eigenvalue weighted by atomic mass is 16.6. The van der Waals surface area contributed by atoms with Gasteiger partial charge in [0.15, 0.2) is 11.5 Å². The van der Waals surface area contributed by atoms with Gasteiger partial charge in [-0.2, -0.15) is 0 Å². The first-order valence-corrected chi connectivity index (χ1v) is 11.9. The molecule has 0 saturated carbocycles. The molecule has 2 aromatic carbocycles. The number of carbonyl (C=O) groups excluding carboxylic acids is 4. The molecule has 0 fully saturated rings. The summed E-state index contributed by atoms with van der Waals surface area (Å²) in [5, 5.41) is 0. The smallest absolute Gasteiger partial charge is 0.338 e. The second-order valence-corrected chi connectivity index (χ2v) is 8.74. The van der Waals surface area contributed by atoms with Gasteiger partial charge in [0.05, 0.1) is 0 Å². The molecule has 0 unspecified atom stereocenters. The van der Waals surface area contributed by atoms with Gasteiger partial charge in [-0.25, -0.2) is 19.2 Å². The summed E-state index contributed by atoms with van der Waals surface area (Å²) < 4.78 is 26.9. The van der Waals surface area contributed by atoms with Crippen LogP contribution in [-0.4, -0.2) is 30.5 Å². The standard InChI is InChI=1S/C31H30O9/c1-18(2)28(32)37-23-11-12-26(27(17-23)40-31(35)21(7)8)36-13-9-10-22-14-24(38-29(33)19(3)4)16-25(15-22)39-30(34)20(5)6/h9-12,14-17H,1,3,5,7,13H2,2,4,6,8H3. The molecule has 40 heavy (non-hydrogen) atoms. The zero-order valence-corrected chi connectivity index (χ0v) is 22.8. The maximum Gasteiger partial charge on any atom is 0.338 e. The molecule has 0 aliphatic rings. The molecule has 0 saturated heterocycles. The van der Waals surface area contributed by atoms with E-state index in [-0.39, 0.29) is 57.6 Å². The van der Waals surface area contributed by atoms with E-state index >= 15 is 0 Å². The van der Waals surface area contributed by atoms with Crippen LogP contribution in [0.4, 0.5) is 0 Å². The second-order valence-electron chi connectivity index (χ2n) is 8.74. The van der Waals surface area contributed by atoms with Gasteiger partial charge in [0.2, 0.25) is 0 Å². The van der Waals surface area contributed by atoms with Crippen LogP contribution in [0, 0.1) is 0 Å². The first-order valence-electron chi connectivity index (χ1n) is 11.9. The van der Waals surface area contributed by atoms with Crippen molar-refractivity contribution in [3.63, 3.8) is 0 Å². The predicted molar refractivity (Wildman–Crippen MR) is 149 cm³/mol. The molecule has 0 amide bonds. The van der Waals surface area contributed by atoms with Crippen molar-refractivity contribution in [2.24, 2.45) is 0 Å². The average Bonchev–Trinajstić information content (AvgIpc) is 2.87. The molecule has 0 aliphatic heterocycles. The van der Waals surface area contributed by atoms with Crippen LogP contribution in [0.3, 0.4) is 0 Å². The summed E-state index contributed by atoms with van der Waals surface area (Å²) in [6, 6.07) is 8.78. The van der Waals surface area contributed by atoms with Crippen LogP contribution in [0.5, 0.6) is 28.7 Å². The average molecular weight is 547 g/mol. The van der Waals surface area contributed by atoms with E-state index in [1.165, 1.54) is 52.0 Å². The van der Waals surface area contributed by atoms with Crippen LogP contribution < -0.4 is 23.7 Å². The summed E-state index contributed by atoms with van der Waals surface area (Å²) >= 11 is 0. The Labute approximate surface area is 232 Å². The lowest BCUT2D eigenvalue weighted by Gasteiger charge is -2.13. The van der Waals surface area contributed by atoms with E-state index in [4.69, 9.17) is 23.7 Å². The van der Waals surface area contributed by atoms with Gasteiger partial charge in [-0.05, 0) is 63.6 Å². The summed E-state index contributed by atoms with van der Waals surface area (Å²) in [5.41, 5.74) is 1.26. The molecule has 0 heterocycles. The quantitative estimate of drug-likeness (QED) is 0.188. The van der Waals surface area contributed by atoms with Gasteiger partial charge < -0.3 is 23.7 Å². The first-order chi connectivity index (χ1) is 18.8. The Morgan fingerprint density at radius 3 is 1.52 bits per heavy atom. The van der Waals surface area contributed by atoms with Crippen molar-refractivity contribution in [1.82, 2.24) is 0 Å². The SMILES string of the molecule is C=C(C)C(=O)Oc1cc(C=CCOc2ccc(OC(=O)C(=C)C)cc2OC(=O)C(=C)C)cc(OC(=O)C(=C)C)c1. The number of esters is 4. The van der Waals surface area contributed by atoms with Crippen molar-refractivity contribution in [3.05, 3.63) is 96.6 Å². The molecule has 0 spiro atoms. The molecular weight excluding hydrogens is 516 g/mol. The van der Waals surface area contributed by atoms with Crippen LogP contribution >= 0.6 is 0 Å². The van der Waals surface area contributed by atoms with Crippen LogP contribution in [0.25, 0.3) is 6.08 Å². The fraction of sp³-hybridized carbons (Fsp3) is 0.161. The Morgan fingerprint density at radius 1 is 0.600 bits per heavy atom. The molecule has 2 aromatic rings. The third kappa shape index (κ3) is 9.60. The molecule has 0 radical (unpaired) electrons. The first kappa shape index (κ1) is 31.0. The Kier molecular flexibility index (Phi) is 10.9. The summed E-state index contributed by atoms with van der Waals surface area (Å²) in [6.07, 6.45) is 3.27. The molecular formula is C31H30O9. The highest BCUT2D eigenvalue weighted by Gasteiger charge is 2.15. The highest BCUT2D eigenvalue weighted by molar-refractivity contribution is 5.91. The van der Waals surface area contributed by atoms with Gasteiger partial charge in [-0.3, -0.25) is 0 Å². The lowest BCUT2D eigenvalue weighted by atomic mass is 10.2. The van der Waals surface area contributed by atoms with Crippen LogP contribution in [0.1, 0.15) is 33.3 Å². The van der Waals surface area contributed by atoms with Gasteiger partial charge >= 0.3 is 23.9 Å². The summed E-state index contributed by atoms with van der Waals surface area (Å²) in [7, 11) is 0. The third-order valence-corrected chi connectivity index (χ3v) is 4.69. The number of benzene rings is 2. The molecule has 0 aliphatic carbocycles. The van der Waals surface area contributed by atoms with E-state index in [2.05, 4.69) is 26.3 Å². The zero-order chi connectivity index (χ0) is 30.0. The molecule has 9 nitrogen and oxygen atoms in total. The van der Waals surface area contributed by atoms with Gasteiger partial charge in [-0.15, -0.1) is 0 Å². The molecule has 0 aromatic heterocycles. The molecule has 0 bridgehead atoms. The topological polar surface area (TPSA) is 114 Å². The molecule has 0 atom stereocenters. The monoisotopic (exact) mass is 546 g/mol. The minimum atomic E-state index is -0.693. The van der Waals surface area contributed by atoms with Crippen molar-refractivity contribution in [3.8, 4) is 28.7 Å². The zero-order valence-electron chi connectivity index (χ0n) is 22.8. The maximum atomic E-state index is 12.1. The van der Waals surface area contributed by atoms with Crippen molar-refractivity contribution >= 4 is 30.0 Å². The van der Waals surface area contributed by atoms with Crippen molar-refractivity contribution in [1.29, 1.82) is 0 Å². The van der Waals surface area contributed by atoms with Crippen LogP contribution in [-0.2, 0) is 19.2 Å². The Morgan fingerprint density at radius 2 is 1.05 bits per heavy atom. The lowest BCUT2D eigenvalue weighted by Crippen LogP contribution is -2.11. The van der Waals surface area contributed by atoms with Gasteiger partial charge in [-0.1, -0.05) is 32.4 Å². The number of rotatable bonds is 12. The number of hydrogen-bond acceptors (Lipinski definition) is 9. The fourth-order valence-electron chi connectivity index (χ4n) is 2.65. The highest BCUT2D eigenvalue weighted by Crippen LogP contribution is 2.33. The van der Waals surface area contributed by atoms with Crippen molar-refractivity contribution in [2.75, 3.05) is 6.61 Å². The van der Waals surface area contributed by atoms with Gasteiger partial charge in [0.25, 0.3) is 0 Å². The van der Waals surface area contributed by atoms with E-state index in [1.54, 1.807) is 24.3 Å². The minimum absolute atomic E-state index is 0.0103. The molecule has 2 rings (SSSR count). The van der Waals surface area contributed by atoms with E-state index in [1.807, 2.05) is 0 Å². The molecule has 0 N–H and O–H groups in total. The molecule has 9 heteroatoms. The molecule has 208 valence electrons. The Hall–Kier alpha value is -5.18. The Balaban J connectivity index is 2.27. The van der Waals surface area contributed by atoms with Crippen LogP contribution in [0.2, 0.25) is 0 Å². The minimum Gasteiger partial charge on any atom is -0.486 e. The third-order valence-electron chi connectivity index (χ3n) is 4.69. The van der Waals surface area contributed by atoms with Gasteiger partial charge in [0.1, 0.15) is 23.9 Å². The summed E-state index contributed by atoms with van der Waals surface area (Å²) in [6.45, 7) is 20.2. The number of hydrogen-bond donors (Lipinski definition) is 0. The van der Waals surface area contributed by atoms with Crippen molar-refractivity contribution in [2.45, 2.75) is 27.7 Å². The Bertz CT molecular complexity index is 1380. The van der Waals surface area contributed by atoms with E-state index in [9.17, 15) is 19.2 Å². The second kappa shape index (κ2) is 14.1. The van der Waals surface area contributed by atoms with E-state index in [0.717, 1.165) is 0 Å². The normalized spacial score (nSPS) is 10.3. The largest absolute Gasteiger partial charge is 0.486 e. The summed E-state index contributed by atoms with van der Waals surface area (Å²) in [4.78, 5) is 48.0. The number of ether oxygens (including phenoxy) is 5. The van der Waals surface area contributed by atoms with Crippen LogP contribution in [0.15, 0.2) is 91.1 Å². The predicted octanol–water partition coefficient (Wildman–Crippen LogP) is 5.70. The summed E-state index contributed by atoms with van der Waals surface area (Å²) in [5.74, 6) is -2.03. The van der Waals surface area contributed by atoms with E-state index < -0.39 is 23.9 Å². The number of carbonyl (C=O) groups is 4. The van der Waals surface area contributed by atoms with E-state index in [0.29, 0.717) is 5.56 Å². The maximum absolute atomic E-state index is 12.1. The lowest BCUT2D eigenvalue weighted by molar-refractivity contribution is -0.131. The van der Waals surface area contributed by atoms with Gasteiger partial charge in [0, 0.05) is 34.4 Å².